The zero-order valence-corrected chi connectivity index (χ0v) is 19.9. The van der Waals surface area contributed by atoms with E-state index in [2.05, 4.69) is 5.32 Å². The van der Waals surface area contributed by atoms with Crippen LogP contribution in [0.25, 0.3) is 0 Å². The van der Waals surface area contributed by atoms with Crippen molar-refractivity contribution in [1.82, 2.24) is 10.2 Å². The van der Waals surface area contributed by atoms with Crippen molar-refractivity contribution in [2.75, 3.05) is 19.6 Å². The van der Waals surface area contributed by atoms with Gasteiger partial charge in [0.05, 0.1) is 10.0 Å². The molecule has 2 aromatic carbocycles. The Morgan fingerprint density at radius 2 is 1.69 bits per heavy atom. The molecule has 2 aromatic rings. The highest BCUT2D eigenvalue weighted by Gasteiger charge is 2.62. The molecular weight excluding hydrogens is 511 g/mol. The number of alkyl halides is 3. The lowest BCUT2D eigenvalue weighted by atomic mass is 9.62. The van der Waals surface area contributed by atoms with Crippen molar-refractivity contribution in [2.24, 2.45) is 5.41 Å². The minimum atomic E-state index is -5.32. The molecule has 0 saturated carbocycles. The normalized spacial score (nSPS) is 22.0. The molecule has 0 radical (unpaired) electrons. The number of aliphatic hydroxyl groups is 1. The average Bonchev–Trinajstić information content (AvgIpc) is 2.80. The number of likely N-dealkylation sites (tertiary alicyclic amines) is 1. The zero-order chi connectivity index (χ0) is 25.6. The third-order valence-electron chi connectivity index (χ3n) is 7.13. The maximum Gasteiger partial charge on any atom is 0.430 e. The molecular formula is C24H22Cl2F4N2O3. The van der Waals surface area contributed by atoms with Gasteiger partial charge in [-0.3, -0.25) is 9.59 Å². The van der Waals surface area contributed by atoms with Crippen LogP contribution in [0.2, 0.25) is 10.0 Å². The molecule has 0 bridgehead atoms. The van der Waals surface area contributed by atoms with Gasteiger partial charge < -0.3 is 15.3 Å². The molecule has 2 saturated heterocycles. The van der Waals surface area contributed by atoms with E-state index in [0.717, 1.165) is 28.7 Å². The van der Waals surface area contributed by atoms with E-state index in [1.54, 1.807) is 12.1 Å². The largest absolute Gasteiger partial charge is 0.430 e. The molecule has 5 nitrogen and oxygen atoms in total. The van der Waals surface area contributed by atoms with E-state index in [1.165, 1.54) is 12.1 Å². The summed E-state index contributed by atoms with van der Waals surface area (Å²) in [4.78, 5) is 26.4. The van der Waals surface area contributed by atoms with E-state index in [0.29, 0.717) is 6.54 Å². The van der Waals surface area contributed by atoms with Crippen LogP contribution in [0.15, 0.2) is 42.5 Å². The Morgan fingerprint density at radius 3 is 2.26 bits per heavy atom. The van der Waals surface area contributed by atoms with E-state index in [4.69, 9.17) is 23.2 Å². The fourth-order valence-corrected chi connectivity index (χ4v) is 5.44. The first-order chi connectivity index (χ1) is 16.4. The van der Waals surface area contributed by atoms with Gasteiger partial charge in [0.2, 0.25) is 5.91 Å². The van der Waals surface area contributed by atoms with Gasteiger partial charge in [0.1, 0.15) is 5.82 Å². The van der Waals surface area contributed by atoms with Crippen LogP contribution in [-0.4, -0.2) is 47.6 Å². The van der Waals surface area contributed by atoms with Crippen LogP contribution in [0.5, 0.6) is 0 Å². The van der Waals surface area contributed by atoms with Crippen LogP contribution in [0.3, 0.4) is 0 Å². The molecule has 35 heavy (non-hydrogen) atoms. The molecule has 1 spiro atoms. The van der Waals surface area contributed by atoms with Crippen LogP contribution < -0.4 is 5.32 Å². The number of amides is 2. The second-order valence-electron chi connectivity index (χ2n) is 9.08. The van der Waals surface area contributed by atoms with E-state index in [-0.39, 0.29) is 54.2 Å². The molecule has 2 heterocycles. The molecule has 2 aliphatic rings. The highest BCUT2D eigenvalue weighted by molar-refractivity contribution is 6.42. The summed E-state index contributed by atoms with van der Waals surface area (Å²) in [5, 5.41) is 13.3. The number of hydrogen-bond donors (Lipinski definition) is 2. The van der Waals surface area contributed by atoms with Crippen molar-refractivity contribution < 1.29 is 32.3 Å². The van der Waals surface area contributed by atoms with E-state index < -0.39 is 34.5 Å². The maximum atomic E-state index is 14.1. The number of carbonyl (C=O) groups excluding carboxylic acids is 2. The predicted octanol–water partition coefficient (Wildman–Crippen LogP) is 4.79. The van der Waals surface area contributed by atoms with E-state index >= 15 is 0 Å². The van der Waals surface area contributed by atoms with Crippen molar-refractivity contribution in [3.8, 4) is 0 Å². The van der Waals surface area contributed by atoms with E-state index in [9.17, 15) is 32.3 Å². The van der Waals surface area contributed by atoms with Crippen LogP contribution >= 0.6 is 23.2 Å². The molecule has 2 N–H and O–H groups in total. The standard InChI is InChI=1S/C24H22Cl2F4N2O3/c25-18-6-3-15(11-19(18)26)23(35,24(28,29)30)21(34)32-9-7-22(8-10-32)12-20(33)31-13-17(22)14-1-4-16(27)5-2-14/h1-6,11,17,35H,7-10,12-13H2,(H,31,33)/t17-,23?/m0/s1. The van der Waals surface area contributed by atoms with Crippen LogP contribution in [0, 0.1) is 11.2 Å². The zero-order valence-electron chi connectivity index (χ0n) is 18.3. The van der Waals surface area contributed by atoms with Crippen LogP contribution in [0.1, 0.15) is 36.3 Å². The van der Waals surface area contributed by atoms with Gasteiger partial charge in [-0.25, -0.2) is 4.39 Å². The average molecular weight is 533 g/mol. The number of benzene rings is 2. The van der Waals surface area contributed by atoms with E-state index in [1.807, 2.05) is 0 Å². The summed E-state index contributed by atoms with van der Waals surface area (Å²) >= 11 is 11.7. The topological polar surface area (TPSA) is 69.6 Å². The van der Waals surface area contributed by atoms with Crippen LogP contribution in [0.4, 0.5) is 17.6 Å². The first-order valence-corrected chi connectivity index (χ1v) is 11.7. The summed E-state index contributed by atoms with van der Waals surface area (Å²) in [7, 11) is 0. The fraction of sp³-hybridized carbons (Fsp3) is 0.417. The third-order valence-corrected chi connectivity index (χ3v) is 7.87. The van der Waals surface area contributed by atoms with Gasteiger partial charge in [-0.2, -0.15) is 13.2 Å². The Labute approximate surface area is 209 Å². The second-order valence-corrected chi connectivity index (χ2v) is 9.89. The Bertz CT molecular complexity index is 1130. The number of nitrogens with zero attached hydrogens (tertiary/aromatic N) is 1. The number of piperidine rings is 2. The van der Waals surface area contributed by atoms with Gasteiger partial charge in [0.25, 0.3) is 11.5 Å². The first-order valence-electron chi connectivity index (χ1n) is 10.9. The Kier molecular flexibility index (Phi) is 6.81. The Morgan fingerprint density at radius 1 is 1.06 bits per heavy atom. The summed E-state index contributed by atoms with van der Waals surface area (Å²) in [6.45, 7) is 0.112. The van der Waals surface area contributed by atoms with Gasteiger partial charge in [0, 0.05) is 37.5 Å². The molecule has 2 amide bonds. The molecule has 2 atom stereocenters. The molecule has 2 aliphatic heterocycles. The van der Waals surface area contributed by atoms with Crippen LogP contribution in [-0.2, 0) is 15.2 Å². The predicted molar refractivity (Wildman–Crippen MR) is 121 cm³/mol. The monoisotopic (exact) mass is 532 g/mol. The fourth-order valence-electron chi connectivity index (χ4n) is 5.14. The molecule has 2 fully saturated rings. The number of halogens is 6. The van der Waals surface area contributed by atoms with Crippen molar-refractivity contribution in [3.05, 3.63) is 69.5 Å². The quantitative estimate of drug-likeness (QED) is 0.558. The first kappa shape index (κ1) is 25.7. The van der Waals surface area contributed by atoms with Crippen molar-refractivity contribution in [2.45, 2.75) is 37.0 Å². The number of rotatable bonds is 3. The molecule has 0 aliphatic carbocycles. The van der Waals surface area contributed by atoms with Gasteiger partial charge in [-0.05, 0) is 48.1 Å². The summed E-state index contributed by atoms with van der Waals surface area (Å²) < 4.78 is 55.7. The number of nitrogens with one attached hydrogen (secondary N) is 1. The smallest absolute Gasteiger partial charge is 0.368 e. The second kappa shape index (κ2) is 9.26. The minimum Gasteiger partial charge on any atom is -0.368 e. The minimum absolute atomic E-state index is 0.0188. The lowest BCUT2D eigenvalue weighted by Crippen LogP contribution is -2.59. The summed E-state index contributed by atoms with van der Waals surface area (Å²) in [5.41, 5.74) is -4.36. The van der Waals surface area contributed by atoms with Gasteiger partial charge >= 0.3 is 6.18 Å². The molecule has 188 valence electrons. The summed E-state index contributed by atoms with van der Waals surface area (Å²) in [6, 6.07) is 8.73. The Hall–Kier alpha value is -2.36. The van der Waals surface area contributed by atoms with Crippen molar-refractivity contribution in [3.63, 3.8) is 0 Å². The maximum absolute atomic E-state index is 14.1. The molecule has 4 rings (SSSR count). The Balaban J connectivity index is 1.61. The lowest BCUT2D eigenvalue weighted by Gasteiger charge is -2.50. The van der Waals surface area contributed by atoms with Gasteiger partial charge in [0.15, 0.2) is 0 Å². The summed E-state index contributed by atoms with van der Waals surface area (Å²) in [5.74, 6) is -2.31. The highest BCUT2D eigenvalue weighted by atomic mass is 35.5. The number of carbonyl (C=O) groups is 2. The molecule has 0 aromatic heterocycles. The highest BCUT2D eigenvalue weighted by Crippen LogP contribution is 2.50. The van der Waals surface area contributed by atoms with Crippen molar-refractivity contribution in [1.29, 1.82) is 0 Å². The van der Waals surface area contributed by atoms with Gasteiger partial charge in [-0.1, -0.05) is 41.4 Å². The van der Waals surface area contributed by atoms with Gasteiger partial charge in [-0.15, -0.1) is 0 Å². The summed E-state index contributed by atoms with van der Waals surface area (Å²) in [6.07, 6.45) is -4.71. The third kappa shape index (κ3) is 4.61. The number of hydrogen-bond acceptors (Lipinski definition) is 3. The lowest BCUT2D eigenvalue weighted by molar-refractivity contribution is -0.262. The van der Waals surface area contributed by atoms with Crippen molar-refractivity contribution >= 4 is 35.0 Å². The molecule has 11 heteroatoms. The molecule has 1 unspecified atom stereocenters. The SMILES string of the molecule is O=C1CC2(CCN(C(=O)C(O)(c3ccc(Cl)c(Cl)c3)C(F)(F)F)CC2)[C@H](c2ccc(F)cc2)CN1.